The largest absolute Gasteiger partial charge is 0.548 e. The molecule has 256 valence electrons. The van der Waals surface area contributed by atoms with Gasteiger partial charge in [-0.1, -0.05) is 18.2 Å². The number of piperazine rings is 1. The van der Waals surface area contributed by atoms with Gasteiger partial charge < -0.3 is 35.1 Å². The lowest BCUT2D eigenvalue weighted by Crippen LogP contribution is -2.52. The summed E-state index contributed by atoms with van der Waals surface area (Å²) in [6.45, 7) is 0.177. The smallest absolute Gasteiger partial charge is 0.494 e. The molecule has 1 aromatic carbocycles. The van der Waals surface area contributed by atoms with Crippen LogP contribution in [0.25, 0.3) is 16.7 Å². The Labute approximate surface area is 274 Å². The molecule has 18 nitrogen and oxygen atoms in total. The molecule has 3 aromatic heterocycles. The van der Waals surface area contributed by atoms with Gasteiger partial charge in [0.25, 0.3) is 17.6 Å². The van der Waals surface area contributed by atoms with Crippen LogP contribution in [-0.2, 0) is 18.4 Å². The molecule has 1 atom stereocenters. The molecule has 1 aliphatic heterocycles. The number of aryl methyl sites for hydroxylation is 1. The van der Waals surface area contributed by atoms with E-state index < -0.39 is 44.9 Å². The zero-order valence-corrected chi connectivity index (χ0v) is 27.3. The highest BCUT2D eigenvalue weighted by Crippen LogP contribution is 2.47. The number of ketones is 1. The van der Waals surface area contributed by atoms with Crippen LogP contribution in [-0.4, -0.2) is 128 Å². The van der Waals surface area contributed by atoms with Crippen molar-refractivity contribution in [3.05, 3.63) is 66.0 Å². The minimum Gasteiger partial charge on any atom is -0.494 e. The second-order valence-corrected chi connectivity index (χ2v) is 12.6. The number of nitrogens with two attached hydrogens (primary N) is 1. The van der Waals surface area contributed by atoms with Gasteiger partial charge >= 0.3 is 7.82 Å². The highest BCUT2D eigenvalue weighted by Gasteiger charge is 2.37. The van der Waals surface area contributed by atoms with Crippen LogP contribution in [0, 0.1) is 6.92 Å². The predicted octanol–water partition coefficient (Wildman–Crippen LogP) is -0.0169. The number of phosphoric ester groups is 1. The lowest BCUT2D eigenvalue weighted by atomic mass is 10.1. The molecule has 1 aliphatic rings. The molecule has 1 saturated heterocycles. The minimum absolute atomic E-state index is 0.0159. The van der Waals surface area contributed by atoms with E-state index in [1.54, 1.807) is 36.1 Å². The second-order valence-electron chi connectivity index (χ2n) is 10.9. The van der Waals surface area contributed by atoms with Crippen molar-refractivity contribution in [3.8, 4) is 11.6 Å². The Morgan fingerprint density at radius 1 is 1.02 bits per heavy atom. The molecule has 4 aromatic rings. The molecule has 2 amide bonds. The number of aromatic nitrogens is 5. The number of phosphoric acid groups is 1. The van der Waals surface area contributed by atoms with E-state index >= 15 is 0 Å². The van der Waals surface area contributed by atoms with Crippen LogP contribution in [0.3, 0.4) is 0 Å². The Hall–Kier alpha value is -4.71. The van der Waals surface area contributed by atoms with E-state index in [1.807, 2.05) is 6.07 Å². The Bertz CT molecular complexity index is 1850. The fraction of sp³-hybridized carbons (Fsp3) is 0.379. The first-order chi connectivity index (χ1) is 23.0. The van der Waals surface area contributed by atoms with Crippen LogP contribution >= 0.6 is 7.82 Å². The van der Waals surface area contributed by atoms with Crippen molar-refractivity contribution in [3.63, 3.8) is 0 Å². The van der Waals surface area contributed by atoms with Crippen molar-refractivity contribution < 1.29 is 47.6 Å². The van der Waals surface area contributed by atoms with Crippen LogP contribution in [0.1, 0.15) is 26.5 Å². The second kappa shape index (κ2) is 14.2. The molecule has 48 heavy (non-hydrogen) atoms. The highest BCUT2D eigenvalue weighted by molar-refractivity contribution is 7.48. The monoisotopic (exact) mass is 686 g/mol. The Morgan fingerprint density at radius 2 is 1.69 bits per heavy atom. The number of methoxy groups -OCH3 is 1. The Kier molecular flexibility index (Phi) is 10.2. The standard InChI is InChI=1S/C29H35N8O10P/c1-19-32-18-36(33-19)26-24-23(22(44-2)13-31-26)21(14-37(24)47-48(43,45-3)46-17-29(30,15-38)16-39)25(40)28(42)35-11-9-34(10-12-35)27(41)20-7-5-4-6-8-20/h4-8,13-14,18,38-39H,9-12,15-17,30H2,1-3H3. The van der Waals surface area contributed by atoms with Gasteiger partial charge in [0.1, 0.15) is 23.4 Å². The number of hydrogen-bond donors (Lipinski definition) is 3. The van der Waals surface area contributed by atoms with Gasteiger partial charge in [-0.15, -0.1) is 0 Å². The fourth-order valence-electron chi connectivity index (χ4n) is 4.90. The van der Waals surface area contributed by atoms with E-state index in [0.29, 0.717) is 11.4 Å². The minimum atomic E-state index is -4.59. The quantitative estimate of drug-likeness (QED) is 0.0955. The first-order valence-corrected chi connectivity index (χ1v) is 16.1. The van der Waals surface area contributed by atoms with E-state index in [4.69, 9.17) is 24.1 Å². The maximum atomic E-state index is 13.9. The molecule has 0 spiro atoms. The number of nitrogens with zero attached hydrogens (tertiary/aromatic N) is 7. The van der Waals surface area contributed by atoms with Gasteiger partial charge in [-0.2, -0.15) is 9.83 Å². The molecule has 4 N–H and O–H groups in total. The summed E-state index contributed by atoms with van der Waals surface area (Å²) in [7, 11) is -2.22. The molecule has 0 saturated carbocycles. The number of rotatable bonds is 13. The SMILES string of the molecule is COc1cnc(-n2cnc(C)n2)c2c1c(C(=O)C(=O)N1CCN(C(=O)c3ccccc3)CC1)cn2OP(=O)(OC)OCC(N)(CO)CO. The maximum Gasteiger partial charge on any atom is 0.548 e. The number of carbonyl (C=O) groups is 3. The van der Waals surface area contributed by atoms with Crippen molar-refractivity contribution in [2.45, 2.75) is 12.5 Å². The Balaban J connectivity index is 1.51. The molecule has 5 rings (SSSR count). The summed E-state index contributed by atoms with van der Waals surface area (Å²) in [5.41, 5.74) is 4.48. The third kappa shape index (κ3) is 6.94. The molecular weight excluding hydrogens is 651 g/mol. The van der Waals surface area contributed by atoms with E-state index in [1.165, 1.54) is 29.2 Å². The predicted molar refractivity (Wildman–Crippen MR) is 167 cm³/mol. The van der Waals surface area contributed by atoms with E-state index in [0.717, 1.165) is 18.0 Å². The number of benzene rings is 1. The molecule has 1 fully saturated rings. The summed E-state index contributed by atoms with van der Waals surface area (Å²) in [6, 6.07) is 8.74. The first kappa shape index (κ1) is 34.6. The maximum absolute atomic E-state index is 13.9. The number of carbonyl (C=O) groups excluding carboxylic acids is 3. The van der Waals surface area contributed by atoms with Gasteiger partial charge in [0.05, 0.1) is 55.8 Å². The topological polar surface area (TPSA) is 227 Å². The molecule has 0 aliphatic carbocycles. The van der Waals surface area contributed by atoms with Crippen LogP contribution in [0.4, 0.5) is 0 Å². The van der Waals surface area contributed by atoms with Gasteiger partial charge in [-0.25, -0.2) is 19.2 Å². The summed E-state index contributed by atoms with van der Waals surface area (Å²) < 4.78 is 37.4. The fourth-order valence-corrected chi connectivity index (χ4v) is 5.88. The molecule has 1 unspecified atom stereocenters. The lowest BCUT2D eigenvalue weighted by Gasteiger charge is -2.34. The first-order valence-electron chi connectivity index (χ1n) is 14.6. The molecule has 0 radical (unpaired) electrons. The zero-order chi connectivity index (χ0) is 34.6. The summed E-state index contributed by atoms with van der Waals surface area (Å²) in [6.07, 6.45) is 3.77. The summed E-state index contributed by atoms with van der Waals surface area (Å²) in [4.78, 5) is 51.9. The third-order valence-electron chi connectivity index (χ3n) is 7.64. The van der Waals surface area contributed by atoms with Crippen LogP contribution in [0.2, 0.25) is 0 Å². The van der Waals surface area contributed by atoms with Crippen LogP contribution in [0.5, 0.6) is 5.75 Å². The molecule has 19 heteroatoms. The number of aliphatic hydroxyl groups excluding tert-OH is 2. The molecular formula is C29H35N8O10P. The average molecular weight is 687 g/mol. The number of aliphatic hydroxyl groups is 2. The number of hydrogen-bond acceptors (Lipinski definition) is 14. The van der Waals surface area contributed by atoms with Crippen molar-refractivity contribution in [2.24, 2.45) is 5.73 Å². The number of fused-ring (bicyclic) bond motifs is 1. The van der Waals surface area contributed by atoms with E-state index in [9.17, 15) is 29.2 Å². The van der Waals surface area contributed by atoms with Gasteiger partial charge in [-0.3, -0.25) is 23.4 Å². The normalized spacial score (nSPS) is 15.0. The van der Waals surface area contributed by atoms with E-state index in [-0.39, 0.29) is 60.1 Å². The highest BCUT2D eigenvalue weighted by atomic mass is 31.2. The lowest BCUT2D eigenvalue weighted by molar-refractivity contribution is -0.127. The van der Waals surface area contributed by atoms with E-state index in [2.05, 4.69) is 15.1 Å². The van der Waals surface area contributed by atoms with Crippen molar-refractivity contribution in [1.29, 1.82) is 0 Å². The van der Waals surface area contributed by atoms with Crippen molar-refractivity contribution in [2.75, 3.05) is 60.2 Å². The third-order valence-corrected chi connectivity index (χ3v) is 8.91. The van der Waals surface area contributed by atoms with Gasteiger partial charge in [0, 0.05) is 38.9 Å². The summed E-state index contributed by atoms with van der Waals surface area (Å²) in [5.74, 6) is -1.50. The van der Waals surface area contributed by atoms with Crippen molar-refractivity contribution in [1.82, 2.24) is 34.3 Å². The Morgan fingerprint density at radius 3 is 2.27 bits per heavy atom. The van der Waals surface area contributed by atoms with Crippen molar-refractivity contribution >= 4 is 36.3 Å². The average Bonchev–Trinajstić information content (AvgIpc) is 3.73. The van der Waals surface area contributed by atoms with Gasteiger partial charge in [0.15, 0.2) is 5.82 Å². The van der Waals surface area contributed by atoms with Crippen LogP contribution < -0.4 is 15.1 Å². The summed E-state index contributed by atoms with van der Waals surface area (Å²) in [5, 5.41) is 23.4. The number of amides is 2. The van der Waals surface area contributed by atoms with Crippen LogP contribution in [0.15, 0.2) is 49.1 Å². The zero-order valence-electron chi connectivity index (χ0n) is 26.4. The molecule has 4 heterocycles. The van der Waals surface area contributed by atoms with Gasteiger partial charge in [-0.05, 0) is 19.1 Å². The molecule has 0 bridgehead atoms. The number of Topliss-reactive ketones (excluding diaryl/α,β-unsaturated/α-hetero) is 1. The number of ether oxygens (including phenoxy) is 1. The number of pyridine rings is 1. The summed E-state index contributed by atoms with van der Waals surface area (Å²) >= 11 is 0. The van der Waals surface area contributed by atoms with Gasteiger partial charge in [0.2, 0.25) is 0 Å².